The van der Waals surface area contributed by atoms with Gasteiger partial charge in [0.15, 0.2) is 5.01 Å². The molecule has 0 radical (unpaired) electrons. The Kier molecular flexibility index (Phi) is 2.57. The lowest BCUT2D eigenvalue weighted by Crippen LogP contribution is -2.13. The summed E-state index contributed by atoms with van der Waals surface area (Å²) in [4.78, 5) is 0. The minimum Gasteiger partial charge on any atom is -0.202 e. The molecule has 0 fully saturated rings. The van der Waals surface area contributed by atoms with E-state index in [1.807, 2.05) is 6.07 Å². The fraction of sp³-hybridized carbons (Fsp3) is 0.571. The Morgan fingerprint density at radius 2 is 2.08 bits per heavy atom. The zero-order chi connectivity index (χ0) is 10.1. The van der Waals surface area contributed by atoms with Crippen molar-refractivity contribution in [3.05, 3.63) is 10.0 Å². The van der Waals surface area contributed by atoms with Gasteiger partial charge in [0.25, 0.3) is 6.43 Å². The number of nitriles is 1. The Hall–Kier alpha value is -1.09. The molecule has 1 aromatic rings. The number of nitrogens with zero attached hydrogens (tertiary/aromatic N) is 3. The maximum Gasteiger partial charge on any atom is 0.291 e. The van der Waals surface area contributed by atoms with Crippen molar-refractivity contribution in [2.24, 2.45) is 0 Å². The summed E-state index contributed by atoms with van der Waals surface area (Å²) < 4.78 is 24.2. The first-order valence-electron chi connectivity index (χ1n) is 3.50. The molecule has 0 aromatic carbocycles. The molecule has 0 amide bonds. The van der Waals surface area contributed by atoms with Gasteiger partial charge in [-0.1, -0.05) is 11.3 Å². The standard InChI is InChI=1S/C7H7F2N3S/c1-7(2,3-10)6-12-11-5(13-6)4(8)9/h4H,1-2H3. The molecule has 0 spiro atoms. The van der Waals surface area contributed by atoms with Crippen LogP contribution in [-0.2, 0) is 5.41 Å². The molecule has 0 aliphatic carbocycles. The Balaban J connectivity index is 3.00. The van der Waals surface area contributed by atoms with E-state index in [1.165, 1.54) is 0 Å². The molecule has 1 heterocycles. The van der Waals surface area contributed by atoms with Crippen molar-refractivity contribution < 1.29 is 8.78 Å². The first kappa shape index (κ1) is 9.99. The van der Waals surface area contributed by atoms with E-state index in [0.717, 1.165) is 11.3 Å². The van der Waals surface area contributed by atoms with Crippen LogP contribution in [0.5, 0.6) is 0 Å². The summed E-state index contributed by atoms with van der Waals surface area (Å²) in [6, 6.07) is 1.97. The van der Waals surface area contributed by atoms with E-state index >= 15 is 0 Å². The van der Waals surface area contributed by atoms with Crippen LogP contribution in [0.25, 0.3) is 0 Å². The molecule has 0 saturated carbocycles. The Morgan fingerprint density at radius 1 is 1.46 bits per heavy atom. The molecule has 13 heavy (non-hydrogen) atoms. The van der Waals surface area contributed by atoms with Crippen LogP contribution in [-0.4, -0.2) is 10.2 Å². The molecule has 0 N–H and O–H groups in total. The number of rotatable bonds is 2. The summed E-state index contributed by atoms with van der Waals surface area (Å²) in [6.07, 6.45) is -2.61. The van der Waals surface area contributed by atoms with Gasteiger partial charge in [-0.05, 0) is 13.8 Å². The molecule has 0 saturated heterocycles. The van der Waals surface area contributed by atoms with Gasteiger partial charge in [0.1, 0.15) is 10.4 Å². The summed E-state index contributed by atoms with van der Waals surface area (Å²) >= 11 is 0.778. The van der Waals surface area contributed by atoms with Crippen molar-refractivity contribution in [3.8, 4) is 6.07 Å². The second-order valence-electron chi connectivity index (χ2n) is 2.98. The molecule has 0 atom stereocenters. The molecule has 3 nitrogen and oxygen atoms in total. The highest BCUT2D eigenvalue weighted by Crippen LogP contribution is 2.29. The fourth-order valence-corrected chi connectivity index (χ4v) is 1.37. The first-order valence-corrected chi connectivity index (χ1v) is 4.32. The van der Waals surface area contributed by atoms with Crippen molar-refractivity contribution in [1.82, 2.24) is 10.2 Å². The highest BCUT2D eigenvalue weighted by atomic mass is 32.1. The van der Waals surface area contributed by atoms with Gasteiger partial charge in [-0.25, -0.2) is 8.78 Å². The predicted molar refractivity (Wildman–Crippen MR) is 43.5 cm³/mol. The number of halogens is 2. The van der Waals surface area contributed by atoms with Gasteiger partial charge in [-0.15, -0.1) is 10.2 Å². The molecule has 0 aliphatic heterocycles. The van der Waals surface area contributed by atoms with Crippen molar-refractivity contribution in [2.75, 3.05) is 0 Å². The summed E-state index contributed by atoms with van der Waals surface area (Å²) in [5, 5.41) is 15.5. The third-order valence-corrected chi connectivity index (χ3v) is 2.70. The van der Waals surface area contributed by atoms with Crippen LogP contribution in [0, 0.1) is 11.3 Å². The van der Waals surface area contributed by atoms with Crippen molar-refractivity contribution in [3.63, 3.8) is 0 Å². The van der Waals surface area contributed by atoms with Gasteiger partial charge in [0.2, 0.25) is 0 Å². The van der Waals surface area contributed by atoms with Crippen LogP contribution in [0.2, 0.25) is 0 Å². The molecule has 6 heteroatoms. The zero-order valence-electron chi connectivity index (χ0n) is 7.08. The topological polar surface area (TPSA) is 49.6 Å². The molecule has 1 aromatic heterocycles. The summed E-state index contributed by atoms with van der Waals surface area (Å²) in [5.41, 5.74) is -0.842. The van der Waals surface area contributed by atoms with Gasteiger partial charge >= 0.3 is 0 Å². The molecule has 0 unspecified atom stereocenters. The van der Waals surface area contributed by atoms with E-state index in [9.17, 15) is 8.78 Å². The monoisotopic (exact) mass is 203 g/mol. The van der Waals surface area contributed by atoms with E-state index in [4.69, 9.17) is 5.26 Å². The largest absolute Gasteiger partial charge is 0.291 e. The van der Waals surface area contributed by atoms with Gasteiger partial charge in [0.05, 0.1) is 6.07 Å². The first-order chi connectivity index (χ1) is 5.97. The molecule has 0 aliphatic rings. The molecule has 1 rings (SSSR count). The number of alkyl halides is 2. The minimum atomic E-state index is -2.61. The highest BCUT2D eigenvalue weighted by molar-refractivity contribution is 7.11. The average molecular weight is 203 g/mol. The molecule has 70 valence electrons. The third-order valence-electron chi connectivity index (χ3n) is 1.44. The average Bonchev–Trinajstić information content (AvgIpc) is 2.52. The van der Waals surface area contributed by atoms with Crippen LogP contribution >= 0.6 is 11.3 Å². The van der Waals surface area contributed by atoms with Crippen LogP contribution in [0.4, 0.5) is 8.78 Å². The Morgan fingerprint density at radius 3 is 2.46 bits per heavy atom. The lowest BCUT2D eigenvalue weighted by atomic mass is 9.97. The van der Waals surface area contributed by atoms with Crippen molar-refractivity contribution in [1.29, 1.82) is 5.26 Å². The van der Waals surface area contributed by atoms with Gasteiger partial charge in [0, 0.05) is 0 Å². The van der Waals surface area contributed by atoms with Gasteiger partial charge < -0.3 is 0 Å². The van der Waals surface area contributed by atoms with E-state index in [2.05, 4.69) is 10.2 Å². The van der Waals surface area contributed by atoms with Gasteiger partial charge in [-0.3, -0.25) is 0 Å². The normalized spacial score (nSPS) is 11.7. The maximum absolute atomic E-state index is 12.1. The van der Waals surface area contributed by atoms with E-state index in [0.29, 0.717) is 5.01 Å². The maximum atomic E-state index is 12.1. The lowest BCUT2D eigenvalue weighted by Gasteiger charge is -2.08. The highest BCUT2D eigenvalue weighted by Gasteiger charge is 2.26. The molecule has 0 bridgehead atoms. The second kappa shape index (κ2) is 3.34. The quantitative estimate of drug-likeness (QED) is 0.740. The molecular weight excluding hydrogens is 196 g/mol. The predicted octanol–water partition coefficient (Wildman–Crippen LogP) is 2.28. The fourth-order valence-electron chi connectivity index (χ4n) is 0.623. The summed E-state index contributed by atoms with van der Waals surface area (Å²) in [6.45, 7) is 3.23. The Labute approximate surface area is 78.0 Å². The van der Waals surface area contributed by atoms with Crippen LogP contribution in [0.3, 0.4) is 0 Å². The zero-order valence-corrected chi connectivity index (χ0v) is 7.90. The number of hydrogen-bond donors (Lipinski definition) is 0. The van der Waals surface area contributed by atoms with E-state index in [1.54, 1.807) is 13.8 Å². The van der Waals surface area contributed by atoms with E-state index in [-0.39, 0.29) is 5.01 Å². The van der Waals surface area contributed by atoms with Crippen molar-refractivity contribution in [2.45, 2.75) is 25.7 Å². The minimum absolute atomic E-state index is 0.324. The van der Waals surface area contributed by atoms with Crippen molar-refractivity contribution >= 4 is 11.3 Å². The SMILES string of the molecule is CC(C)(C#N)c1nnc(C(F)F)s1. The number of hydrogen-bond acceptors (Lipinski definition) is 4. The molecular formula is C7H7F2N3S. The van der Waals surface area contributed by atoms with Crippen LogP contribution in [0.1, 0.15) is 30.3 Å². The van der Waals surface area contributed by atoms with E-state index < -0.39 is 11.8 Å². The lowest BCUT2D eigenvalue weighted by molar-refractivity contribution is 0.150. The van der Waals surface area contributed by atoms with Crippen LogP contribution in [0.15, 0.2) is 0 Å². The second-order valence-corrected chi connectivity index (χ2v) is 3.99. The third kappa shape index (κ3) is 1.98. The number of aromatic nitrogens is 2. The van der Waals surface area contributed by atoms with Gasteiger partial charge in [-0.2, -0.15) is 5.26 Å². The summed E-state index contributed by atoms with van der Waals surface area (Å²) in [7, 11) is 0. The summed E-state index contributed by atoms with van der Waals surface area (Å²) in [5.74, 6) is 0. The van der Waals surface area contributed by atoms with Crippen LogP contribution < -0.4 is 0 Å². The smallest absolute Gasteiger partial charge is 0.202 e. The Bertz CT molecular complexity index is 340.